The summed E-state index contributed by atoms with van der Waals surface area (Å²) in [5, 5.41) is 0. The van der Waals surface area contributed by atoms with Crippen LogP contribution < -0.4 is 34.4 Å². The molecule has 0 atom stereocenters. The normalized spacial score (nSPS) is 10.6. The minimum atomic E-state index is -4.00. The molecule has 0 aromatic carbocycles. The molecule has 24 N–H and O–H groups in total. The molecule has 0 aromatic heterocycles. The molecule has 312 valence electrons. The maximum absolute atomic E-state index is 10.3. The van der Waals surface area contributed by atoms with Gasteiger partial charge >= 0.3 is 354 Å². The Balaban J connectivity index is -0.0000000406. The summed E-state index contributed by atoms with van der Waals surface area (Å²) in [6, 6.07) is 0. The van der Waals surface area contributed by atoms with E-state index in [0.29, 0.717) is 39.3 Å². The molecule has 0 saturated heterocycles. The van der Waals surface area contributed by atoms with Crippen LogP contribution in [-0.4, -0.2) is 443 Å². The summed E-state index contributed by atoms with van der Waals surface area (Å²) in [6.07, 6.45) is -1.07. The molecular formula is C18H66K6N6O18P6. The predicted octanol–water partition coefficient (Wildman–Crippen LogP) is -6.81. The van der Waals surface area contributed by atoms with Crippen LogP contribution >= 0.6 is 45.6 Å². The summed E-state index contributed by atoms with van der Waals surface area (Å²) < 4.78 is 61.5. The van der Waals surface area contributed by atoms with Crippen LogP contribution in [0.5, 0.6) is 0 Å². The fraction of sp³-hybridized carbons (Fsp3) is 1.00. The van der Waals surface area contributed by atoms with E-state index in [0.717, 1.165) is 0 Å². The Kier molecular flexibility index (Phi) is 104. The number of hydrogen-bond acceptors (Lipinski definition) is 12. The standard InChI is InChI=1S/3C4H12O6P2.3C2H8N2.6K.6H/c3*5-11(6,7)3-1-2-4-12(8,9)10;3*3-1-2-4;;;;;;;;;;;;/h3*1-4H2,(H2,5,6,7)(H2,8,9,10);3*1-4H2;;;;;;;;;;;;. The fourth-order valence-electron chi connectivity index (χ4n) is 1.91. The van der Waals surface area contributed by atoms with Crippen molar-refractivity contribution in [2.24, 2.45) is 34.4 Å². The van der Waals surface area contributed by atoms with E-state index < -0.39 is 45.6 Å². The zero-order valence-electron chi connectivity index (χ0n) is 26.7. The Bertz CT molecular complexity index is 821. The van der Waals surface area contributed by atoms with Gasteiger partial charge in [-0.05, 0) is 38.5 Å². The van der Waals surface area contributed by atoms with Crippen molar-refractivity contribution >= 4 is 354 Å². The van der Waals surface area contributed by atoms with Crippen LogP contribution in [0.1, 0.15) is 38.5 Å². The van der Waals surface area contributed by atoms with E-state index in [1.165, 1.54) is 0 Å². The van der Waals surface area contributed by atoms with Crippen molar-refractivity contribution in [3.8, 4) is 0 Å². The molecule has 0 radical (unpaired) electrons. The van der Waals surface area contributed by atoms with Gasteiger partial charge in [-0.15, -0.1) is 0 Å². The van der Waals surface area contributed by atoms with Gasteiger partial charge in [0, 0.05) is 76.2 Å². The molecular weight excluding hydrogens is 1010 g/mol. The molecule has 0 spiro atoms. The second-order valence-electron chi connectivity index (χ2n) is 9.18. The van der Waals surface area contributed by atoms with Crippen molar-refractivity contribution in [2.75, 3.05) is 76.2 Å². The van der Waals surface area contributed by atoms with Crippen LogP contribution in [0.15, 0.2) is 0 Å². The summed E-state index contributed by atoms with van der Waals surface area (Å²) in [5.41, 5.74) is 29.4. The van der Waals surface area contributed by atoms with Crippen LogP contribution in [0.4, 0.5) is 0 Å². The Morgan fingerprint density at radius 2 is 0.315 bits per heavy atom. The molecule has 0 rings (SSSR count). The molecule has 0 unspecified atom stereocenters. The van der Waals surface area contributed by atoms with Gasteiger partial charge in [0.25, 0.3) is 0 Å². The zero-order valence-corrected chi connectivity index (χ0v) is 32.1. The second-order valence-corrected chi connectivity index (χ2v) is 19.8. The van der Waals surface area contributed by atoms with Crippen LogP contribution in [0.2, 0.25) is 0 Å². The third-order valence-corrected chi connectivity index (χ3v) is 9.34. The topological polar surface area (TPSA) is 501 Å². The molecule has 0 saturated carbocycles. The van der Waals surface area contributed by atoms with Gasteiger partial charge in [0.15, 0.2) is 0 Å². The summed E-state index contributed by atoms with van der Waals surface area (Å²) in [4.78, 5) is 100. The number of nitrogens with two attached hydrogens (primary N) is 6. The molecule has 0 aliphatic rings. The van der Waals surface area contributed by atoms with Crippen LogP contribution in [0, 0.1) is 0 Å². The quantitative estimate of drug-likeness (QED) is 0.0345. The van der Waals surface area contributed by atoms with E-state index in [1.54, 1.807) is 0 Å². The molecule has 0 amide bonds. The van der Waals surface area contributed by atoms with Crippen LogP contribution in [0.25, 0.3) is 0 Å². The van der Waals surface area contributed by atoms with E-state index in [4.69, 9.17) is 93.1 Å². The third kappa shape index (κ3) is 144. The summed E-state index contributed by atoms with van der Waals surface area (Å²) in [7, 11) is -24.0. The van der Waals surface area contributed by atoms with Gasteiger partial charge in [-0.2, -0.15) is 0 Å². The van der Waals surface area contributed by atoms with E-state index in [9.17, 15) is 27.4 Å². The van der Waals surface area contributed by atoms with E-state index >= 15 is 0 Å². The first-order valence-electron chi connectivity index (χ1n) is 13.8. The number of hydrogen-bond donors (Lipinski definition) is 18. The first-order valence-corrected chi connectivity index (χ1v) is 24.6. The molecule has 54 heavy (non-hydrogen) atoms. The third-order valence-electron chi connectivity index (χ3n) is 3.95. The minimum absolute atomic E-state index is 0. The monoisotopic (exact) mass is 1070 g/mol. The van der Waals surface area contributed by atoms with E-state index in [2.05, 4.69) is 0 Å². The average Bonchev–Trinajstić information content (AvgIpc) is 2.90. The average molecular weight is 1080 g/mol. The van der Waals surface area contributed by atoms with Gasteiger partial charge < -0.3 is 93.1 Å². The molecule has 0 bridgehead atoms. The van der Waals surface area contributed by atoms with Gasteiger partial charge in [0.05, 0.1) is 0 Å². The zero-order chi connectivity index (χ0) is 39.7. The van der Waals surface area contributed by atoms with Gasteiger partial charge in [-0.1, -0.05) is 0 Å². The molecule has 0 fully saturated rings. The van der Waals surface area contributed by atoms with Crippen molar-refractivity contribution in [2.45, 2.75) is 38.5 Å². The van der Waals surface area contributed by atoms with Crippen molar-refractivity contribution in [1.82, 2.24) is 0 Å². The number of unbranched alkanes of at least 4 members (excludes halogenated alkanes) is 3. The van der Waals surface area contributed by atoms with E-state index in [-0.39, 0.29) is 384 Å². The molecule has 0 aliphatic heterocycles. The number of rotatable bonds is 18. The Labute approximate surface area is 574 Å². The summed E-state index contributed by atoms with van der Waals surface area (Å²) in [6.45, 7) is 3.58. The molecule has 36 heteroatoms. The van der Waals surface area contributed by atoms with Gasteiger partial charge in [-0.3, -0.25) is 27.4 Å². The Hall–Kier alpha value is 10.5. The first kappa shape index (κ1) is 94.3. The van der Waals surface area contributed by atoms with Crippen molar-refractivity contribution in [3.05, 3.63) is 0 Å². The predicted molar refractivity (Wildman–Crippen MR) is 226 cm³/mol. The van der Waals surface area contributed by atoms with Crippen LogP contribution in [0.3, 0.4) is 0 Å². The first-order chi connectivity index (χ1) is 21.4. The Morgan fingerprint density at radius 1 is 0.241 bits per heavy atom. The van der Waals surface area contributed by atoms with Gasteiger partial charge in [0.2, 0.25) is 0 Å². The second kappa shape index (κ2) is 59.6. The molecule has 0 aromatic rings. The Morgan fingerprint density at radius 3 is 0.352 bits per heavy atom. The van der Waals surface area contributed by atoms with Crippen molar-refractivity contribution in [3.63, 3.8) is 0 Å². The van der Waals surface area contributed by atoms with Gasteiger partial charge in [-0.25, -0.2) is 0 Å². The summed E-state index contributed by atoms with van der Waals surface area (Å²) in [5.74, 6) is 0. The van der Waals surface area contributed by atoms with E-state index in [1.807, 2.05) is 0 Å². The molecule has 24 nitrogen and oxygen atoms in total. The maximum atomic E-state index is 10.3. The molecule has 0 heterocycles. The van der Waals surface area contributed by atoms with Gasteiger partial charge in [0.1, 0.15) is 0 Å². The van der Waals surface area contributed by atoms with Crippen LogP contribution in [-0.2, 0) is 27.4 Å². The summed E-state index contributed by atoms with van der Waals surface area (Å²) >= 11 is 0. The van der Waals surface area contributed by atoms with Crippen molar-refractivity contribution in [1.29, 1.82) is 0 Å². The van der Waals surface area contributed by atoms with Crippen molar-refractivity contribution < 1.29 is 86.1 Å². The fourth-order valence-corrected chi connectivity index (χ4v) is 5.72. The molecule has 0 aliphatic carbocycles. The SMILES string of the molecule is NCCN.NCCN.NCCN.O=P(O)(O)CCCCP(=O)(O)O.O=P(O)(O)CCCCP(=O)(O)O.O=P(O)(O)CCCCP(=O)(O)O.[KH].[KH].[KH].[KH].[KH].[KH].